The molecule has 9 heteroatoms. The van der Waals surface area contributed by atoms with Crippen molar-refractivity contribution in [3.8, 4) is 23.0 Å². The number of phenolic OH excluding ortho intramolecular Hbond substituents is 4. The van der Waals surface area contributed by atoms with Gasteiger partial charge in [0, 0.05) is 6.42 Å². The number of aromatic hydroxyl groups is 4. The molecular weight excluding hydrogens is 380 g/mol. The standard InChI is InChI=1S/C20H24N2O7/c1-2-29-20(28)14(8-12-4-6-16(24)18(26)10-12)22-19(27)13(21)7-11-3-5-15(23)17(25)9-11/h3-6,9-10,13-14,23-26H,2,7-8,21H2,1H3,(H,22,27)/t13-,14-/m0/s1. The van der Waals surface area contributed by atoms with Crippen molar-refractivity contribution in [3.05, 3.63) is 47.5 Å². The first-order chi connectivity index (χ1) is 13.7. The summed E-state index contributed by atoms with van der Waals surface area (Å²) in [5.74, 6) is -2.54. The first-order valence-corrected chi connectivity index (χ1v) is 8.95. The molecule has 0 aromatic heterocycles. The maximum atomic E-state index is 12.5. The highest BCUT2D eigenvalue weighted by Gasteiger charge is 2.25. The normalized spacial score (nSPS) is 12.8. The van der Waals surface area contributed by atoms with Gasteiger partial charge in [0.15, 0.2) is 23.0 Å². The molecule has 9 nitrogen and oxygen atoms in total. The van der Waals surface area contributed by atoms with Crippen LogP contribution >= 0.6 is 0 Å². The molecule has 2 aromatic carbocycles. The zero-order valence-corrected chi connectivity index (χ0v) is 15.8. The van der Waals surface area contributed by atoms with Crippen molar-refractivity contribution in [2.75, 3.05) is 6.61 Å². The number of hydrogen-bond acceptors (Lipinski definition) is 8. The molecule has 2 aromatic rings. The fraction of sp³-hybridized carbons (Fsp3) is 0.300. The number of hydrogen-bond donors (Lipinski definition) is 6. The first-order valence-electron chi connectivity index (χ1n) is 8.95. The van der Waals surface area contributed by atoms with E-state index < -0.39 is 24.0 Å². The lowest BCUT2D eigenvalue weighted by Gasteiger charge is -2.20. The monoisotopic (exact) mass is 404 g/mol. The molecular formula is C20H24N2O7. The number of nitrogens with one attached hydrogen (secondary N) is 1. The molecule has 0 heterocycles. The maximum Gasteiger partial charge on any atom is 0.328 e. The highest BCUT2D eigenvalue weighted by atomic mass is 16.5. The van der Waals surface area contributed by atoms with Gasteiger partial charge in [-0.25, -0.2) is 4.79 Å². The van der Waals surface area contributed by atoms with Gasteiger partial charge >= 0.3 is 5.97 Å². The van der Waals surface area contributed by atoms with Crippen LogP contribution in [0.3, 0.4) is 0 Å². The van der Waals surface area contributed by atoms with Crippen LogP contribution in [0.5, 0.6) is 23.0 Å². The van der Waals surface area contributed by atoms with E-state index in [0.717, 1.165) is 0 Å². The third-order valence-corrected chi connectivity index (χ3v) is 4.20. The fourth-order valence-electron chi connectivity index (χ4n) is 2.69. The summed E-state index contributed by atoms with van der Waals surface area (Å²) >= 11 is 0. The van der Waals surface area contributed by atoms with Gasteiger partial charge in [0.05, 0.1) is 12.6 Å². The summed E-state index contributed by atoms with van der Waals surface area (Å²) in [5, 5.41) is 40.5. The van der Waals surface area contributed by atoms with E-state index in [4.69, 9.17) is 10.5 Å². The van der Waals surface area contributed by atoms with Gasteiger partial charge in [-0.2, -0.15) is 0 Å². The van der Waals surface area contributed by atoms with Gasteiger partial charge in [0.25, 0.3) is 0 Å². The Hall–Kier alpha value is -3.46. The van der Waals surface area contributed by atoms with Crippen molar-refractivity contribution in [2.24, 2.45) is 5.73 Å². The summed E-state index contributed by atoms with van der Waals surface area (Å²) in [5.41, 5.74) is 6.94. The predicted molar refractivity (Wildman–Crippen MR) is 103 cm³/mol. The molecule has 7 N–H and O–H groups in total. The minimum Gasteiger partial charge on any atom is -0.504 e. The molecule has 29 heavy (non-hydrogen) atoms. The second-order valence-electron chi connectivity index (χ2n) is 6.47. The number of carbonyl (C=O) groups excluding carboxylic acids is 2. The molecule has 0 saturated carbocycles. The van der Waals surface area contributed by atoms with E-state index in [1.54, 1.807) is 6.92 Å². The van der Waals surface area contributed by atoms with Crippen LogP contribution in [0.25, 0.3) is 0 Å². The number of esters is 1. The van der Waals surface area contributed by atoms with Gasteiger partial charge < -0.3 is 36.2 Å². The smallest absolute Gasteiger partial charge is 0.328 e. The molecule has 2 atom stereocenters. The predicted octanol–water partition coefficient (Wildman–Crippen LogP) is 0.669. The van der Waals surface area contributed by atoms with Crippen molar-refractivity contribution in [3.63, 3.8) is 0 Å². The minimum absolute atomic E-state index is 0.0190. The van der Waals surface area contributed by atoms with Crippen LogP contribution in [0.1, 0.15) is 18.1 Å². The van der Waals surface area contributed by atoms with E-state index >= 15 is 0 Å². The Morgan fingerprint density at radius 2 is 1.45 bits per heavy atom. The summed E-state index contributed by atoms with van der Waals surface area (Å²) in [7, 11) is 0. The maximum absolute atomic E-state index is 12.5. The van der Waals surface area contributed by atoms with Gasteiger partial charge in [-0.1, -0.05) is 12.1 Å². The summed E-state index contributed by atoms with van der Waals surface area (Å²) in [6.45, 7) is 1.75. The molecule has 0 aliphatic rings. The number of ether oxygens (including phenoxy) is 1. The van der Waals surface area contributed by atoms with Crippen LogP contribution in [-0.4, -0.2) is 51.0 Å². The molecule has 156 valence electrons. The van der Waals surface area contributed by atoms with Crippen molar-refractivity contribution in [1.29, 1.82) is 0 Å². The van der Waals surface area contributed by atoms with Crippen LogP contribution in [0.15, 0.2) is 36.4 Å². The molecule has 1 amide bonds. The lowest BCUT2D eigenvalue weighted by Crippen LogP contribution is -2.50. The molecule has 0 saturated heterocycles. The molecule has 2 rings (SSSR count). The Kier molecular flexibility index (Phi) is 7.27. The number of carbonyl (C=O) groups is 2. The summed E-state index contributed by atoms with van der Waals surface area (Å²) in [4.78, 5) is 24.7. The highest BCUT2D eigenvalue weighted by Crippen LogP contribution is 2.26. The van der Waals surface area contributed by atoms with Crippen LogP contribution in [-0.2, 0) is 27.2 Å². The van der Waals surface area contributed by atoms with Crippen molar-refractivity contribution in [1.82, 2.24) is 5.32 Å². The van der Waals surface area contributed by atoms with Crippen LogP contribution < -0.4 is 11.1 Å². The molecule has 0 spiro atoms. The minimum atomic E-state index is -1.05. The molecule has 0 fully saturated rings. The van der Waals surface area contributed by atoms with Crippen LogP contribution in [0.4, 0.5) is 0 Å². The topological polar surface area (TPSA) is 162 Å². The number of amides is 1. The SMILES string of the molecule is CCOC(=O)[C@H](Cc1ccc(O)c(O)c1)NC(=O)[C@@H](N)Cc1ccc(O)c(O)c1. The van der Waals surface area contributed by atoms with Gasteiger partial charge in [0.2, 0.25) is 5.91 Å². The third-order valence-electron chi connectivity index (χ3n) is 4.20. The third kappa shape index (κ3) is 6.01. The van der Waals surface area contributed by atoms with E-state index in [0.29, 0.717) is 11.1 Å². The zero-order chi connectivity index (χ0) is 21.6. The second-order valence-corrected chi connectivity index (χ2v) is 6.47. The van der Waals surface area contributed by atoms with E-state index in [2.05, 4.69) is 5.32 Å². The summed E-state index contributed by atoms with van der Waals surface area (Å²) in [6, 6.07) is 6.09. The molecule has 0 aliphatic carbocycles. The molecule has 0 unspecified atom stereocenters. The average Bonchev–Trinajstić information content (AvgIpc) is 2.67. The number of phenols is 4. The van der Waals surface area contributed by atoms with Gasteiger partial charge in [-0.15, -0.1) is 0 Å². The van der Waals surface area contributed by atoms with E-state index in [9.17, 15) is 30.0 Å². The molecule has 0 radical (unpaired) electrons. The Morgan fingerprint density at radius 3 is 1.93 bits per heavy atom. The van der Waals surface area contributed by atoms with Gasteiger partial charge in [-0.3, -0.25) is 4.79 Å². The highest BCUT2D eigenvalue weighted by molar-refractivity contribution is 5.87. The fourth-order valence-corrected chi connectivity index (χ4v) is 2.69. The Morgan fingerprint density at radius 1 is 0.931 bits per heavy atom. The lowest BCUT2D eigenvalue weighted by molar-refractivity contribution is -0.147. The first kappa shape index (κ1) is 21.8. The lowest BCUT2D eigenvalue weighted by atomic mass is 10.0. The average molecular weight is 404 g/mol. The number of benzene rings is 2. The Balaban J connectivity index is 2.09. The van der Waals surface area contributed by atoms with E-state index in [1.165, 1.54) is 36.4 Å². The second kappa shape index (κ2) is 9.65. The van der Waals surface area contributed by atoms with Gasteiger partial charge in [-0.05, 0) is 48.7 Å². The van der Waals surface area contributed by atoms with Crippen molar-refractivity contribution < 1.29 is 34.8 Å². The van der Waals surface area contributed by atoms with Crippen LogP contribution in [0, 0.1) is 0 Å². The Labute approximate surface area is 167 Å². The zero-order valence-electron chi connectivity index (χ0n) is 15.8. The Bertz CT molecular complexity index is 885. The van der Waals surface area contributed by atoms with Crippen molar-refractivity contribution in [2.45, 2.75) is 31.8 Å². The summed E-state index contributed by atoms with van der Waals surface area (Å²) in [6.07, 6.45) is 0.0837. The van der Waals surface area contributed by atoms with Crippen LogP contribution in [0.2, 0.25) is 0 Å². The quantitative estimate of drug-likeness (QED) is 0.276. The van der Waals surface area contributed by atoms with Crippen molar-refractivity contribution >= 4 is 11.9 Å². The van der Waals surface area contributed by atoms with Gasteiger partial charge in [0.1, 0.15) is 6.04 Å². The largest absolute Gasteiger partial charge is 0.504 e. The number of rotatable bonds is 8. The number of nitrogens with two attached hydrogens (primary N) is 1. The van der Waals surface area contributed by atoms with E-state index in [-0.39, 0.29) is 42.4 Å². The summed E-state index contributed by atoms with van der Waals surface area (Å²) < 4.78 is 4.99. The molecule has 0 aliphatic heterocycles. The van der Waals surface area contributed by atoms with E-state index in [1.807, 2.05) is 0 Å². The molecule has 0 bridgehead atoms.